The molecule has 0 spiro atoms. The van der Waals surface area contributed by atoms with Crippen LogP contribution in [-0.4, -0.2) is 26.5 Å². The predicted molar refractivity (Wildman–Crippen MR) is 141 cm³/mol. The van der Waals surface area contributed by atoms with Crippen LogP contribution in [0.25, 0.3) is 28.4 Å². The van der Waals surface area contributed by atoms with Gasteiger partial charge in [-0.05, 0) is 66.5 Å². The van der Waals surface area contributed by atoms with Gasteiger partial charge in [0.25, 0.3) is 0 Å². The van der Waals surface area contributed by atoms with Gasteiger partial charge in [-0.15, -0.1) is 0 Å². The van der Waals surface area contributed by atoms with Crippen LogP contribution in [0, 0.1) is 0 Å². The van der Waals surface area contributed by atoms with Crippen LogP contribution in [0.5, 0.6) is 28.7 Å². The van der Waals surface area contributed by atoms with Crippen molar-refractivity contribution in [2.45, 2.75) is 71.5 Å². The van der Waals surface area contributed by atoms with Crippen LogP contribution in [0.1, 0.15) is 69.7 Å². The van der Waals surface area contributed by atoms with Crippen molar-refractivity contribution >= 4 is 17.0 Å². The lowest BCUT2D eigenvalue weighted by atomic mass is 9.74. The summed E-state index contributed by atoms with van der Waals surface area (Å²) >= 11 is 0. The Labute approximate surface area is 214 Å². The smallest absolute Gasteiger partial charge is 0.200 e. The van der Waals surface area contributed by atoms with E-state index in [-0.39, 0.29) is 51.7 Å². The van der Waals surface area contributed by atoms with Gasteiger partial charge in [-0.2, -0.15) is 0 Å². The third-order valence-electron chi connectivity index (χ3n) is 7.69. The molecule has 7 heteroatoms. The van der Waals surface area contributed by atoms with Gasteiger partial charge in [0.1, 0.15) is 45.2 Å². The van der Waals surface area contributed by atoms with Crippen molar-refractivity contribution in [3.8, 4) is 40.1 Å². The van der Waals surface area contributed by atoms with Crippen LogP contribution in [0.2, 0.25) is 0 Å². The third kappa shape index (κ3) is 3.22. The van der Waals surface area contributed by atoms with E-state index >= 15 is 0 Å². The number of hydrogen-bond acceptors (Lipinski definition) is 7. The van der Waals surface area contributed by atoms with E-state index in [0.29, 0.717) is 45.7 Å². The first-order valence-electron chi connectivity index (χ1n) is 12.5. The van der Waals surface area contributed by atoms with Crippen molar-refractivity contribution in [2.75, 3.05) is 0 Å². The molecule has 2 aromatic carbocycles. The number of fused-ring (bicyclic) bond motifs is 4. The Morgan fingerprint density at radius 1 is 1.08 bits per heavy atom. The van der Waals surface area contributed by atoms with Crippen LogP contribution < -0.4 is 14.9 Å². The van der Waals surface area contributed by atoms with Crippen molar-refractivity contribution in [3.05, 3.63) is 56.3 Å². The molecule has 3 N–H and O–H groups in total. The largest absolute Gasteiger partial charge is 0.507 e. The minimum absolute atomic E-state index is 0.0984. The fourth-order valence-electron chi connectivity index (χ4n) is 5.81. The quantitative estimate of drug-likeness (QED) is 0.364. The molecule has 0 fully saturated rings. The molecule has 6 rings (SSSR count). The molecule has 3 heterocycles. The van der Waals surface area contributed by atoms with Crippen LogP contribution in [0.3, 0.4) is 0 Å². The summed E-state index contributed by atoms with van der Waals surface area (Å²) in [7, 11) is 0. The fraction of sp³-hybridized carbons (Fsp3) is 0.367. The Kier molecular flexibility index (Phi) is 4.67. The predicted octanol–water partition coefficient (Wildman–Crippen LogP) is 6.08. The molecule has 192 valence electrons. The average molecular weight is 503 g/mol. The Morgan fingerprint density at radius 3 is 2.51 bits per heavy atom. The van der Waals surface area contributed by atoms with E-state index in [1.807, 2.05) is 53.7 Å². The Bertz CT molecular complexity index is 1650. The van der Waals surface area contributed by atoms with Crippen molar-refractivity contribution < 1.29 is 29.2 Å². The molecule has 0 saturated heterocycles. The zero-order chi connectivity index (χ0) is 26.6. The highest BCUT2D eigenvalue weighted by molar-refractivity contribution is 5.96. The van der Waals surface area contributed by atoms with E-state index in [2.05, 4.69) is 0 Å². The minimum atomic E-state index is -0.726. The lowest BCUT2D eigenvalue weighted by molar-refractivity contribution is 0.106. The van der Waals surface area contributed by atoms with Crippen molar-refractivity contribution in [1.82, 2.24) is 0 Å². The summed E-state index contributed by atoms with van der Waals surface area (Å²) in [5, 5.41) is 33.0. The zero-order valence-corrected chi connectivity index (χ0v) is 21.8. The van der Waals surface area contributed by atoms with E-state index in [0.717, 1.165) is 5.57 Å². The van der Waals surface area contributed by atoms with Crippen LogP contribution in [-0.2, 0) is 12.8 Å². The number of phenols is 3. The monoisotopic (exact) mass is 502 g/mol. The summed E-state index contributed by atoms with van der Waals surface area (Å²) in [6.07, 6.45) is 6.37. The maximum absolute atomic E-state index is 14.1. The van der Waals surface area contributed by atoms with Crippen molar-refractivity contribution in [2.24, 2.45) is 0 Å². The number of aromatic hydroxyl groups is 3. The Balaban J connectivity index is 1.75. The number of phenolic OH excluding ortho intramolecular Hbond substituents is 3. The second-order valence-corrected chi connectivity index (χ2v) is 11.5. The Morgan fingerprint density at radius 2 is 1.81 bits per heavy atom. The van der Waals surface area contributed by atoms with Gasteiger partial charge >= 0.3 is 0 Å². The maximum atomic E-state index is 14.1. The molecule has 3 aromatic rings. The molecule has 1 aromatic heterocycles. The topological polar surface area (TPSA) is 109 Å². The molecule has 0 bridgehead atoms. The van der Waals surface area contributed by atoms with E-state index in [1.165, 1.54) is 6.07 Å². The van der Waals surface area contributed by atoms with Crippen molar-refractivity contribution in [3.63, 3.8) is 0 Å². The maximum Gasteiger partial charge on any atom is 0.200 e. The number of ether oxygens (including phenoxy) is 2. The number of rotatable bonds is 2. The lowest BCUT2D eigenvalue weighted by Gasteiger charge is -2.32. The molecule has 2 aliphatic heterocycles. The van der Waals surface area contributed by atoms with Gasteiger partial charge < -0.3 is 29.2 Å². The second-order valence-electron chi connectivity index (χ2n) is 11.5. The number of allylic oxidation sites excluding steroid dienone is 2. The summed E-state index contributed by atoms with van der Waals surface area (Å²) in [6.45, 7) is 11.6. The van der Waals surface area contributed by atoms with Crippen LogP contribution in [0.15, 0.2) is 33.0 Å². The van der Waals surface area contributed by atoms with E-state index in [9.17, 15) is 20.1 Å². The molecule has 1 aliphatic carbocycles. The summed E-state index contributed by atoms with van der Waals surface area (Å²) in [5.41, 5.74) is 2.04. The Hall–Kier alpha value is -3.87. The first-order valence-corrected chi connectivity index (χ1v) is 12.5. The highest BCUT2D eigenvalue weighted by Crippen LogP contribution is 2.60. The summed E-state index contributed by atoms with van der Waals surface area (Å²) in [6, 6.07) is 1.22. The SMILES string of the molecule is CC(C)=CCc1c2c(c(O)c3c(=O)c4c(oc13)-c1c(O)cc(O)c3c1[C@@H](C4)C(C)(C)O3)C=CC(C)(C)O2. The van der Waals surface area contributed by atoms with Gasteiger partial charge in [0.2, 0.25) is 0 Å². The van der Waals surface area contributed by atoms with Gasteiger partial charge in [0.05, 0.1) is 11.1 Å². The van der Waals surface area contributed by atoms with Crippen molar-refractivity contribution in [1.29, 1.82) is 0 Å². The molecular weight excluding hydrogens is 472 g/mol. The molecular formula is C30H30O7. The summed E-state index contributed by atoms with van der Waals surface area (Å²) < 4.78 is 18.9. The standard InChI is InChI=1S/C30H30O7/c1-13(2)7-8-15-25-14(9-10-29(3,4)36-25)23(33)22-24(34)16-11-17-20-21(27(16)35-26(15)22)18(31)12-19(32)28(20)37-30(17,5)6/h7,9-10,12,17,31-33H,8,11H2,1-6H3/t17-/m1/s1. The fourth-order valence-corrected chi connectivity index (χ4v) is 5.81. The highest BCUT2D eigenvalue weighted by Gasteiger charge is 2.49. The normalized spacial score (nSPS) is 19.5. The van der Waals surface area contributed by atoms with Crippen LogP contribution in [0.4, 0.5) is 0 Å². The highest BCUT2D eigenvalue weighted by atomic mass is 16.5. The molecule has 1 atom stereocenters. The minimum Gasteiger partial charge on any atom is -0.507 e. The summed E-state index contributed by atoms with van der Waals surface area (Å²) in [4.78, 5) is 14.1. The molecule has 37 heavy (non-hydrogen) atoms. The lowest BCUT2D eigenvalue weighted by Crippen LogP contribution is -2.34. The molecule has 3 aliphatic rings. The second kappa shape index (κ2) is 7.34. The molecule has 7 nitrogen and oxygen atoms in total. The first kappa shape index (κ1) is 23.5. The molecule has 0 unspecified atom stereocenters. The summed E-state index contributed by atoms with van der Waals surface area (Å²) in [5.74, 6) is 0.166. The number of benzene rings is 2. The van der Waals surface area contributed by atoms with Crippen LogP contribution >= 0.6 is 0 Å². The molecule has 0 saturated carbocycles. The van der Waals surface area contributed by atoms with E-state index in [4.69, 9.17) is 13.9 Å². The molecule has 0 radical (unpaired) electrons. The van der Waals surface area contributed by atoms with Gasteiger partial charge in [-0.25, -0.2) is 0 Å². The van der Waals surface area contributed by atoms with Gasteiger partial charge in [0.15, 0.2) is 16.9 Å². The van der Waals surface area contributed by atoms with Gasteiger partial charge in [0, 0.05) is 28.7 Å². The molecule has 0 amide bonds. The van der Waals surface area contributed by atoms with Gasteiger partial charge in [-0.1, -0.05) is 11.6 Å². The van der Waals surface area contributed by atoms with E-state index in [1.54, 1.807) is 6.08 Å². The van der Waals surface area contributed by atoms with E-state index < -0.39 is 11.2 Å². The first-order chi connectivity index (χ1) is 17.3. The van der Waals surface area contributed by atoms with Gasteiger partial charge in [-0.3, -0.25) is 4.79 Å². The number of hydrogen-bond donors (Lipinski definition) is 3. The zero-order valence-electron chi connectivity index (χ0n) is 21.8. The third-order valence-corrected chi connectivity index (χ3v) is 7.69. The average Bonchev–Trinajstić information content (AvgIpc) is 3.07.